The highest BCUT2D eigenvalue weighted by Crippen LogP contribution is 2.38. The molecule has 0 amide bonds. The number of ether oxygens (including phenoxy) is 3. The number of para-hydroxylation sites is 3. The lowest BCUT2D eigenvalue weighted by Crippen LogP contribution is -2.36. The first kappa shape index (κ1) is 9.83. The standard InChI is InChI=1S/C15H12O3/c1-2-6-11-10(5-1)9-14(16-11)15-17-12-7-3-4-8-13(12)18-15/h1-8,14-15H,9H2. The molecule has 4 rings (SSSR count). The molecule has 18 heavy (non-hydrogen) atoms. The Morgan fingerprint density at radius 1 is 0.722 bits per heavy atom. The number of rotatable bonds is 1. The van der Waals surface area contributed by atoms with E-state index in [-0.39, 0.29) is 12.4 Å². The fraction of sp³-hybridized carbons (Fsp3) is 0.200. The van der Waals surface area contributed by atoms with E-state index in [9.17, 15) is 0 Å². The van der Waals surface area contributed by atoms with Crippen LogP contribution in [0.15, 0.2) is 48.5 Å². The van der Waals surface area contributed by atoms with Crippen molar-refractivity contribution in [1.82, 2.24) is 0 Å². The maximum absolute atomic E-state index is 5.87. The Kier molecular flexibility index (Phi) is 2.00. The summed E-state index contributed by atoms with van der Waals surface area (Å²) in [5.41, 5.74) is 1.21. The highest BCUT2D eigenvalue weighted by atomic mass is 16.7. The predicted octanol–water partition coefficient (Wildman–Crippen LogP) is 2.79. The van der Waals surface area contributed by atoms with Crippen LogP contribution in [-0.4, -0.2) is 12.4 Å². The summed E-state index contributed by atoms with van der Waals surface area (Å²) in [5, 5.41) is 0. The third kappa shape index (κ3) is 1.44. The summed E-state index contributed by atoms with van der Waals surface area (Å²) in [6, 6.07) is 15.8. The van der Waals surface area contributed by atoms with Crippen LogP contribution in [0.3, 0.4) is 0 Å². The van der Waals surface area contributed by atoms with Gasteiger partial charge in [0.25, 0.3) is 6.29 Å². The molecule has 2 aromatic carbocycles. The topological polar surface area (TPSA) is 27.7 Å². The molecule has 2 aliphatic rings. The molecule has 0 aromatic heterocycles. The highest BCUT2D eigenvalue weighted by Gasteiger charge is 2.37. The van der Waals surface area contributed by atoms with Gasteiger partial charge in [-0.15, -0.1) is 0 Å². The number of benzene rings is 2. The zero-order valence-electron chi connectivity index (χ0n) is 9.71. The van der Waals surface area contributed by atoms with Crippen LogP contribution in [0.2, 0.25) is 0 Å². The Balaban J connectivity index is 1.56. The third-order valence-corrected chi connectivity index (χ3v) is 3.31. The molecule has 0 N–H and O–H groups in total. The van der Waals surface area contributed by atoms with E-state index in [0.29, 0.717) is 0 Å². The van der Waals surface area contributed by atoms with Gasteiger partial charge < -0.3 is 14.2 Å². The molecule has 1 atom stereocenters. The molecule has 2 heterocycles. The van der Waals surface area contributed by atoms with Crippen molar-refractivity contribution in [3.05, 3.63) is 54.1 Å². The third-order valence-electron chi connectivity index (χ3n) is 3.31. The first-order valence-corrected chi connectivity index (χ1v) is 6.07. The van der Waals surface area contributed by atoms with Gasteiger partial charge in [0.2, 0.25) is 0 Å². The van der Waals surface area contributed by atoms with Crippen LogP contribution >= 0.6 is 0 Å². The summed E-state index contributed by atoms with van der Waals surface area (Å²) in [7, 11) is 0. The normalized spacial score (nSPS) is 20.6. The van der Waals surface area contributed by atoms with E-state index in [1.54, 1.807) is 0 Å². The number of hydrogen-bond acceptors (Lipinski definition) is 3. The molecule has 0 fully saturated rings. The van der Waals surface area contributed by atoms with E-state index in [4.69, 9.17) is 14.2 Å². The van der Waals surface area contributed by atoms with Gasteiger partial charge in [0.05, 0.1) is 0 Å². The lowest BCUT2D eigenvalue weighted by Gasteiger charge is -2.17. The molecule has 0 spiro atoms. The van der Waals surface area contributed by atoms with E-state index < -0.39 is 0 Å². The smallest absolute Gasteiger partial charge is 0.278 e. The summed E-state index contributed by atoms with van der Waals surface area (Å²) < 4.78 is 17.4. The van der Waals surface area contributed by atoms with Crippen LogP contribution in [-0.2, 0) is 6.42 Å². The summed E-state index contributed by atoms with van der Waals surface area (Å²) in [6.45, 7) is 0. The molecular formula is C15H12O3. The molecule has 0 bridgehead atoms. The Labute approximate surface area is 105 Å². The fourth-order valence-electron chi connectivity index (χ4n) is 2.43. The van der Waals surface area contributed by atoms with Crippen molar-refractivity contribution >= 4 is 0 Å². The Bertz CT molecular complexity index is 490. The van der Waals surface area contributed by atoms with Gasteiger partial charge in [-0.3, -0.25) is 0 Å². The number of fused-ring (bicyclic) bond motifs is 2. The van der Waals surface area contributed by atoms with Crippen molar-refractivity contribution in [3.63, 3.8) is 0 Å². The Morgan fingerprint density at radius 3 is 2.00 bits per heavy atom. The maximum atomic E-state index is 5.87. The second-order valence-electron chi connectivity index (χ2n) is 4.52. The minimum Gasteiger partial charge on any atom is -0.482 e. The lowest BCUT2D eigenvalue weighted by atomic mass is 10.1. The van der Waals surface area contributed by atoms with Gasteiger partial charge >= 0.3 is 0 Å². The highest BCUT2D eigenvalue weighted by molar-refractivity contribution is 5.43. The molecule has 3 nitrogen and oxygen atoms in total. The van der Waals surface area contributed by atoms with Crippen LogP contribution in [0.25, 0.3) is 0 Å². The average molecular weight is 240 g/mol. The maximum Gasteiger partial charge on any atom is 0.278 e. The average Bonchev–Trinajstić information content (AvgIpc) is 3.02. The molecule has 2 aliphatic heterocycles. The first-order valence-electron chi connectivity index (χ1n) is 6.07. The van der Waals surface area contributed by atoms with Crippen LogP contribution in [0.1, 0.15) is 5.56 Å². The SMILES string of the molecule is c1ccc2c(c1)CC(C1Oc3ccccc3O1)O2. The molecule has 3 heteroatoms. The van der Waals surface area contributed by atoms with Gasteiger partial charge in [-0.1, -0.05) is 30.3 Å². The zero-order valence-corrected chi connectivity index (χ0v) is 9.71. The summed E-state index contributed by atoms with van der Waals surface area (Å²) in [6.07, 6.45) is 0.402. The predicted molar refractivity (Wildman–Crippen MR) is 66.0 cm³/mol. The fourth-order valence-corrected chi connectivity index (χ4v) is 2.43. The van der Waals surface area contributed by atoms with Crippen LogP contribution in [0.4, 0.5) is 0 Å². The van der Waals surface area contributed by atoms with Gasteiger partial charge in [0.1, 0.15) is 5.75 Å². The van der Waals surface area contributed by atoms with E-state index in [1.165, 1.54) is 5.56 Å². The van der Waals surface area contributed by atoms with E-state index in [2.05, 4.69) is 6.07 Å². The van der Waals surface area contributed by atoms with E-state index >= 15 is 0 Å². The second kappa shape index (κ2) is 3.67. The van der Waals surface area contributed by atoms with Crippen molar-refractivity contribution in [2.75, 3.05) is 0 Å². The minimum absolute atomic E-state index is 0.0743. The van der Waals surface area contributed by atoms with Crippen LogP contribution < -0.4 is 14.2 Å². The summed E-state index contributed by atoms with van der Waals surface area (Å²) in [5.74, 6) is 2.52. The van der Waals surface area contributed by atoms with E-state index in [0.717, 1.165) is 23.7 Å². The van der Waals surface area contributed by atoms with Gasteiger partial charge in [0.15, 0.2) is 17.6 Å². The van der Waals surface area contributed by atoms with Crippen molar-refractivity contribution in [2.45, 2.75) is 18.8 Å². The molecule has 1 unspecified atom stereocenters. The second-order valence-corrected chi connectivity index (χ2v) is 4.52. The minimum atomic E-state index is -0.352. The zero-order chi connectivity index (χ0) is 11.9. The van der Waals surface area contributed by atoms with Gasteiger partial charge in [-0.25, -0.2) is 0 Å². The van der Waals surface area contributed by atoms with Crippen LogP contribution in [0, 0.1) is 0 Å². The molecule has 90 valence electrons. The molecule has 0 saturated carbocycles. The molecule has 0 radical (unpaired) electrons. The van der Waals surface area contributed by atoms with Crippen LogP contribution in [0.5, 0.6) is 17.2 Å². The van der Waals surface area contributed by atoms with Crippen molar-refractivity contribution < 1.29 is 14.2 Å². The first-order chi connectivity index (χ1) is 8.90. The molecular weight excluding hydrogens is 228 g/mol. The quantitative estimate of drug-likeness (QED) is 0.767. The summed E-state index contributed by atoms with van der Waals surface area (Å²) in [4.78, 5) is 0. The molecule has 2 aromatic rings. The largest absolute Gasteiger partial charge is 0.482 e. The van der Waals surface area contributed by atoms with Crippen molar-refractivity contribution in [3.8, 4) is 17.2 Å². The van der Waals surface area contributed by atoms with Gasteiger partial charge in [-0.2, -0.15) is 0 Å². The van der Waals surface area contributed by atoms with Gasteiger partial charge in [-0.05, 0) is 23.8 Å². The van der Waals surface area contributed by atoms with Gasteiger partial charge in [0, 0.05) is 6.42 Å². The van der Waals surface area contributed by atoms with Crippen molar-refractivity contribution in [2.24, 2.45) is 0 Å². The molecule has 0 aliphatic carbocycles. The number of hydrogen-bond donors (Lipinski definition) is 0. The Morgan fingerprint density at radius 2 is 1.33 bits per heavy atom. The monoisotopic (exact) mass is 240 g/mol. The van der Waals surface area contributed by atoms with E-state index in [1.807, 2.05) is 42.5 Å². The Hall–Kier alpha value is -2.16. The lowest BCUT2D eigenvalue weighted by molar-refractivity contribution is -0.0369. The molecule has 0 saturated heterocycles. The van der Waals surface area contributed by atoms with Crippen molar-refractivity contribution in [1.29, 1.82) is 0 Å². The summed E-state index contributed by atoms with van der Waals surface area (Å²) >= 11 is 0.